The molecular formula is C13H11N3O2. The second-order valence-electron chi connectivity index (χ2n) is 4.05. The third-order valence-corrected chi connectivity index (χ3v) is 2.98. The number of carbonyl (C=O) groups is 1. The van der Waals surface area contributed by atoms with Crippen LogP contribution in [0.4, 0.5) is 0 Å². The summed E-state index contributed by atoms with van der Waals surface area (Å²) in [4.78, 5) is 11.2. The fourth-order valence-corrected chi connectivity index (χ4v) is 2.14. The zero-order valence-corrected chi connectivity index (χ0v) is 9.74. The van der Waals surface area contributed by atoms with Crippen molar-refractivity contribution < 1.29 is 9.90 Å². The van der Waals surface area contributed by atoms with Gasteiger partial charge in [-0.3, -0.25) is 4.68 Å². The molecule has 0 bridgehead atoms. The van der Waals surface area contributed by atoms with E-state index in [0.717, 1.165) is 16.7 Å². The van der Waals surface area contributed by atoms with E-state index < -0.39 is 5.97 Å². The molecule has 2 heterocycles. The lowest BCUT2D eigenvalue weighted by molar-refractivity contribution is 0.0699. The molecule has 1 aromatic carbocycles. The molecule has 0 saturated carbocycles. The standard InChI is InChI=1S/C13H11N3O2/c1-15-12(6-7-14-15)16-8-10(13(17)18)9-4-2-3-5-11(9)16/h2-8H,1H3,(H,17,18). The van der Waals surface area contributed by atoms with Crippen molar-refractivity contribution in [3.8, 4) is 5.82 Å². The van der Waals surface area contributed by atoms with Crippen molar-refractivity contribution in [1.82, 2.24) is 14.3 Å². The summed E-state index contributed by atoms with van der Waals surface area (Å²) < 4.78 is 3.55. The van der Waals surface area contributed by atoms with E-state index in [2.05, 4.69) is 5.10 Å². The molecule has 0 unspecified atom stereocenters. The summed E-state index contributed by atoms with van der Waals surface area (Å²) in [5, 5.41) is 14.1. The molecule has 0 amide bonds. The van der Waals surface area contributed by atoms with Crippen LogP contribution in [0.3, 0.4) is 0 Å². The third-order valence-electron chi connectivity index (χ3n) is 2.98. The summed E-state index contributed by atoms with van der Waals surface area (Å²) in [5.41, 5.74) is 1.16. The van der Waals surface area contributed by atoms with E-state index in [1.54, 1.807) is 17.1 Å². The first-order valence-electron chi connectivity index (χ1n) is 5.50. The molecule has 0 fully saturated rings. The first-order valence-corrected chi connectivity index (χ1v) is 5.50. The summed E-state index contributed by atoms with van der Waals surface area (Å²) in [6.45, 7) is 0. The zero-order chi connectivity index (χ0) is 12.7. The zero-order valence-electron chi connectivity index (χ0n) is 9.74. The minimum absolute atomic E-state index is 0.298. The van der Waals surface area contributed by atoms with Gasteiger partial charge in [0, 0.05) is 24.7 Å². The molecule has 18 heavy (non-hydrogen) atoms. The number of carboxylic acid groups (broad SMARTS) is 1. The van der Waals surface area contributed by atoms with E-state index in [0.29, 0.717) is 5.56 Å². The van der Waals surface area contributed by atoms with Gasteiger partial charge in [-0.25, -0.2) is 4.79 Å². The largest absolute Gasteiger partial charge is 0.478 e. The van der Waals surface area contributed by atoms with E-state index in [-0.39, 0.29) is 0 Å². The molecule has 3 rings (SSSR count). The molecule has 3 aromatic rings. The van der Waals surface area contributed by atoms with Gasteiger partial charge in [0.1, 0.15) is 5.82 Å². The Balaban J connectivity index is 2.37. The minimum Gasteiger partial charge on any atom is -0.478 e. The Morgan fingerprint density at radius 2 is 2.06 bits per heavy atom. The highest BCUT2D eigenvalue weighted by atomic mass is 16.4. The normalized spacial score (nSPS) is 10.9. The second-order valence-corrected chi connectivity index (χ2v) is 4.05. The van der Waals surface area contributed by atoms with E-state index in [4.69, 9.17) is 0 Å². The van der Waals surface area contributed by atoms with Crippen LogP contribution < -0.4 is 0 Å². The number of hydrogen-bond donors (Lipinski definition) is 1. The maximum absolute atomic E-state index is 11.2. The lowest BCUT2D eigenvalue weighted by atomic mass is 10.2. The minimum atomic E-state index is -0.924. The number of nitrogens with zero attached hydrogens (tertiary/aromatic N) is 3. The monoisotopic (exact) mass is 241 g/mol. The number of aryl methyl sites for hydroxylation is 1. The van der Waals surface area contributed by atoms with Crippen LogP contribution in [0.2, 0.25) is 0 Å². The quantitative estimate of drug-likeness (QED) is 0.747. The lowest BCUT2D eigenvalue weighted by Gasteiger charge is -2.04. The Morgan fingerprint density at radius 1 is 1.28 bits per heavy atom. The molecule has 0 saturated heterocycles. The maximum Gasteiger partial charge on any atom is 0.337 e. The Morgan fingerprint density at radius 3 is 2.72 bits per heavy atom. The molecule has 5 heteroatoms. The van der Waals surface area contributed by atoms with Gasteiger partial charge in [-0.05, 0) is 6.07 Å². The molecule has 5 nitrogen and oxygen atoms in total. The van der Waals surface area contributed by atoms with Crippen LogP contribution in [0.25, 0.3) is 16.7 Å². The number of benzene rings is 1. The van der Waals surface area contributed by atoms with Crippen molar-refractivity contribution in [3.05, 3.63) is 48.3 Å². The van der Waals surface area contributed by atoms with Crippen LogP contribution in [0.1, 0.15) is 10.4 Å². The number of carboxylic acids is 1. The van der Waals surface area contributed by atoms with Gasteiger partial charge in [0.25, 0.3) is 0 Å². The van der Waals surface area contributed by atoms with E-state index >= 15 is 0 Å². The number of para-hydroxylation sites is 1. The summed E-state index contributed by atoms with van der Waals surface area (Å²) in [5.74, 6) is -0.0918. The van der Waals surface area contributed by atoms with Gasteiger partial charge in [0.2, 0.25) is 0 Å². The van der Waals surface area contributed by atoms with Crippen molar-refractivity contribution in [3.63, 3.8) is 0 Å². The Labute approximate surface area is 103 Å². The molecular weight excluding hydrogens is 230 g/mol. The molecule has 90 valence electrons. The summed E-state index contributed by atoms with van der Waals surface area (Å²) in [7, 11) is 1.82. The molecule has 0 atom stereocenters. The maximum atomic E-state index is 11.2. The van der Waals surface area contributed by atoms with E-state index in [1.165, 1.54) is 0 Å². The van der Waals surface area contributed by atoms with Gasteiger partial charge in [0.15, 0.2) is 0 Å². The van der Waals surface area contributed by atoms with E-state index in [9.17, 15) is 9.90 Å². The highest BCUT2D eigenvalue weighted by Gasteiger charge is 2.15. The van der Waals surface area contributed by atoms with Gasteiger partial charge in [-0.2, -0.15) is 5.10 Å². The number of rotatable bonds is 2. The van der Waals surface area contributed by atoms with Gasteiger partial charge >= 0.3 is 5.97 Å². The van der Waals surface area contributed by atoms with Crippen molar-refractivity contribution in [2.45, 2.75) is 0 Å². The average molecular weight is 241 g/mol. The molecule has 0 spiro atoms. The fourth-order valence-electron chi connectivity index (χ4n) is 2.14. The fraction of sp³-hybridized carbons (Fsp3) is 0.0769. The smallest absolute Gasteiger partial charge is 0.337 e. The number of aromatic carboxylic acids is 1. The Bertz CT molecular complexity index is 740. The Kier molecular flexibility index (Phi) is 2.19. The topological polar surface area (TPSA) is 60.0 Å². The average Bonchev–Trinajstić information content (AvgIpc) is 2.92. The van der Waals surface area contributed by atoms with Gasteiger partial charge in [-0.1, -0.05) is 18.2 Å². The Hall–Kier alpha value is -2.56. The van der Waals surface area contributed by atoms with Gasteiger partial charge < -0.3 is 9.67 Å². The third kappa shape index (κ3) is 1.41. The molecule has 2 aromatic heterocycles. The first kappa shape index (κ1) is 10.6. The van der Waals surface area contributed by atoms with Crippen LogP contribution >= 0.6 is 0 Å². The SMILES string of the molecule is Cn1nccc1-n1cc(C(=O)O)c2ccccc21. The van der Waals surface area contributed by atoms with Crippen molar-refractivity contribution in [1.29, 1.82) is 0 Å². The molecule has 1 N–H and O–H groups in total. The predicted molar refractivity (Wildman–Crippen MR) is 67.0 cm³/mol. The molecule has 0 aliphatic carbocycles. The van der Waals surface area contributed by atoms with E-state index in [1.807, 2.05) is 41.9 Å². The summed E-state index contributed by atoms with van der Waals surface area (Å²) >= 11 is 0. The van der Waals surface area contributed by atoms with Crippen LogP contribution in [-0.4, -0.2) is 25.4 Å². The van der Waals surface area contributed by atoms with Crippen LogP contribution in [0, 0.1) is 0 Å². The van der Waals surface area contributed by atoms with Crippen LogP contribution in [-0.2, 0) is 7.05 Å². The first-order chi connectivity index (χ1) is 8.68. The van der Waals surface area contributed by atoms with Gasteiger partial charge in [-0.15, -0.1) is 0 Å². The van der Waals surface area contributed by atoms with Gasteiger partial charge in [0.05, 0.1) is 17.3 Å². The van der Waals surface area contributed by atoms with Crippen LogP contribution in [0.5, 0.6) is 0 Å². The predicted octanol–water partition coefficient (Wildman–Crippen LogP) is 2.06. The number of hydrogen-bond acceptors (Lipinski definition) is 2. The van der Waals surface area contributed by atoms with Crippen LogP contribution in [0.15, 0.2) is 42.7 Å². The summed E-state index contributed by atoms with van der Waals surface area (Å²) in [6.07, 6.45) is 3.31. The highest BCUT2D eigenvalue weighted by Crippen LogP contribution is 2.24. The van der Waals surface area contributed by atoms with Crippen molar-refractivity contribution >= 4 is 16.9 Å². The number of aromatic nitrogens is 3. The molecule has 0 aliphatic rings. The summed E-state index contributed by atoms with van der Waals surface area (Å²) in [6, 6.07) is 9.28. The molecule has 0 aliphatic heterocycles. The number of fused-ring (bicyclic) bond motifs is 1. The second kappa shape index (κ2) is 3.73. The van der Waals surface area contributed by atoms with Crippen molar-refractivity contribution in [2.75, 3.05) is 0 Å². The molecule has 0 radical (unpaired) electrons. The lowest BCUT2D eigenvalue weighted by Crippen LogP contribution is -2.01. The highest BCUT2D eigenvalue weighted by molar-refractivity contribution is 6.03. The van der Waals surface area contributed by atoms with Crippen molar-refractivity contribution in [2.24, 2.45) is 7.05 Å².